The van der Waals surface area contributed by atoms with Gasteiger partial charge in [0.15, 0.2) is 0 Å². The fourth-order valence-corrected chi connectivity index (χ4v) is 6.04. The van der Waals surface area contributed by atoms with Crippen LogP contribution in [0.3, 0.4) is 0 Å². The smallest absolute Gasteiger partial charge is 0.137 e. The molecule has 1 N–H and O–H groups in total. The maximum Gasteiger partial charge on any atom is 0.137 e. The Balaban J connectivity index is 1.76. The van der Waals surface area contributed by atoms with Crippen molar-refractivity contribution in [2.75, 3.05) is 0 Å². The Bertz CT molecular complexity index is 678. The van der Waals surface area contributed by atoms with Crippen LogP contribution in [0.4, 0.5) is 0 Å². The van der Waals surface area contributed by atoms with Crippen molar-refractivity contribution in [3.63, 3.8) is 0 Å². The quantitative estimate of drug-likeness (QED) is 0.546. The first kappa shape index (κ1) is 15.2. The Kier molecular flexibility index (Phi) is 3.05. The van der Waals surface area contributed by atoms with Crippen molar-refractivity contribution in [3.8, 4) is 12.3 Å². The first-order valence-electron chi connectivity index (χ1n) is 8.96. The number of ketones is 1. The number of Topliss-reactive ketones (excluding diaryl/α,β-unsaturated/α-hetero) is 1. The number of hydrogen-bond donors (Lipinski definition) is 1. The molecule has 0 aromatic carbocycles. The third-order valence-corrected chi connectivity index (χ3v) is 7.71. The van der Waals surface area contributed by atoms with Crippen molar-refractivity contribution in [1.29, 1.82) is 0 Å². The molecule has 2 fully saturated rings. The highest BCUT2D eigenvalue weighted by Crippen LogP contribution is 2.64. The van der Waals surface area contributed by atoms with Crippen LogP contribution in [0.15, 0.2) is 23.3 Å². The second-order valence-corrected chi connectivity index (χ2v) is 8.55. The van der Waals surface area contributed by atoms with Crippen LogP contribution in [0.25, 0.3) is 0 Å². The summed E-state index contributed by atoms with van der Waals surface area (Å²) in [6, 6.07) is 0. The Morgan fingerprint density at radius 1 is 1.30 bits per heavy atom. The van der Waals surface area contributed by atoms with Crippen molar-refractivity contribution in [1.82, 2.24) is 0 Å². The van der Waals surface area contributed by atoms with Gasteiger partial charge < -0.3 is 5.11 Å². The standard InChI is InChI=1S/C21H26O2/c1-4-21(23)12-9-18-16-6-5-14-13-15(22)7-10-19(14,2)17(16)8-11-20(18,21)3/h1,5,8,16,18,23H,6-7,9-13H2,2-3H3/t16?,18?,19-,20-,21-/m0/s1. The average molecular weight is 310 g/mol. The molecular formula is C21H26O2. The van der Waals surface area contributed by atoms with E-state index in [1.807, 2.05) is 0 Å². The molecule has 4 aliphatic rings. The number of aliphatic hydroxyl groups is 1. The van der Waals surface area contributed by atoms with Crippen LogP contribution in [-0.4, -0.2) is 16.5 Å². The average Bonchev–Trinajstić information content (AvgIpc) is 2.80. The van der Waals surface area contributed by atoms with Crippen LogP contribution < -0.4 is 0 Å². The third kappa shape index (κ3) is 1.78. The molecule has 0 amide bonds. The van der Waals surface area contributed by atoms with E-state index >= 15 is 0 Å². The first-order valence-corrected chi connectivity index (χ1v) is 8.96. The summed E-state index contributed by atoms with van der Waals surface area (Å²) in [5.41, 5.74) is 1.76. The fraction of sp³-hybridized carbons (Fsp3) is 0.667. The summed E-state index contributed by atoms with van der Waals surface area (Å²) in [6.07, 6.45) is 16.3. The van der Waals surface area contributed by atoms with Crippen molar-refractivity contribution in [2.45, 2.75) is 64.4 Å². The number of carbonyl (C=O) groups is 1. The molecule has 0 saturated heterocycles. The number of fused-ring (bicyclic) bond motifs is 5. The van der Waals surface area contributed by atoms with Crippen molar-refractivity contribution in [3.05, 3.63) is 23.3 Å². The Hall–Kier alpha value is -1.33. The summed E-state index contributed by atoms with van der Waals surface area (Å²) in [7, 11) is 0. The summed E-state index contributed by atoms with van der Waals surface area (Å²) in [6.45, 7) is 4.51. The summed E-state index contributed by atoms with van der Waals surface area (Å²) in [5, 5.41) is 11.0. The van der Waals surface area contributed by atoms with Crippen LogP contribution in [-0.2, 0) is 4.79 Å². The summed E-state index contributed by atoms with van der Waals surface area (Å²) < 4.78 is 0. The van der Waals surface area contributed by atoms with Gasteiger partial charge in [0.2, 0.25) is 0 Å². The minimum Gasteiger partial charge on any atom is -0.377 e. The van der Waals surface area contributed by atoms with Crippen LogP contribution in [0.1, 0.15) is 58.8 Å². The maximum absolute atomic E-state index is 11.9. The molecule has 122 valence electrons. The second kappa shape index (κ2) is 4.61. The van der Waals surface area contributed by atoms with Gasteiger partial charge in [0.25, 0.3) is 0 Å². The zero-order valence-corrected chi connectivity index (χ0v) is 14.2. The second-order valence-electron chi connectivity index (χ2n) is 8.55. The monoisotopic (exact) mass is 310 g/mol. The first-order chi connectivity index (χ1) is 10.8. The van der Waals surface area contributed by atoms with Crippen molar-refractivity contribution < 1.29 is 9.90 Å². The molecular weight excluding hydrogens is 284 g/mol. The zero-order valence-electron chi connectivity index (χ0n) is 14.2. The Morgan fingerprint density at radius 2 is 2.09 bits per heavy atom. The van der Waals surface area contributed by atoms with Crippen molar-refractivity contribution >= 4 is 5.78 Å². The topological polar surface area (TPSA) is 37.3 Å². The van der Waals surface area contributed by atoms with E-state index in [0.29, 0.717) is 36.9 Å². The van der Waals surface area contributed by atoms with E-state index < -0.39 is 5.60 Å². The lowest BCUT2D eigenvalue weighted by atomic mass is 9.51. The Labute approximate surface area is 139 Å². The molecule has 0 bridgehead atoms. The molecule has 2 heteroatoms. The maximum atomic E-state index is 11.9. The Morgan fingerprint density at radius 3 is 2.83 bits per heavy atom. The van der Waals surface area contributed by atoms with E-state index in [1.54, 1.807) is 0 Å². The molecule has 0 aromatic rings. The molecule has 0 heterocycles. The molecule has 0 aromatic heterocycles. The van der Waals surface area contributed by atoms with Crippen LogP contribution in [0.5, 0.6) is 0 Å². The SMILES string of the molecule is C#C[C@]1(O)CCC2C3CC=C4CC(=O)CC[C@]4(C)C3=CC[C@@]21C. The number of terminal acetylenes is 1. The van der Waals surface area contributed by atoms with E-state index in [-0.39, 0.29) is 10.8 Å². The minimum absolute atomic E-state index is 0.0645. The van der Waals surface area contributed by atoms with Gasteiger partial charge in [-0.3, -0.25) is 4.79 Å². The molecule has 2 saturated carbocycles. The van der Waals surface area contributed by atoms with E-state index in [9.17, 15) is 9.90 Å². The molecule has 2 unspecified atom stereocenters. The summed E-state index contributed by atoms with van der Waals surface area (Å²) >= 11 is 0. The number of rotatable bonds is 0. The highest BCUT2D eigenvalue weighted by Gasteiger charge is 2.61. The normalized spacial score (nSPS) is 48.5. The zero-order chi connectivity index (χ0) is 16.5. The summed E-state index contributed by atoms with van der Waals surface area (Å²) in [5.74, 6) is 4.04. The van der Waals surface area contributed by atoms with E-state index in [1.165, 1.54) is 11.1 Å². The van der Waals surface area contributed by atoms with Gasteiger partial charge >= 0.3 is 0 Å². The highest BCUT2D eigenvalue weighted by molar-refractivity contribution is 5.83. The lowest BCUT2D eigenvalue weighted by molar-refractivity contribution is -0.120. The molecule has 4 rings (SSSR count). The van der Waals surface area contributed by atoms with Crippen LogP contribution in [0, 0.1) is 35.0 Å². The molecule has 23 heavy (non-hydrogen) atoms. The third-order valence-electron chi connectivity index (χ3n) is 7.71. The van der Waals surface area contributed by atoms with Crippen LogP contribution >= 0.6 is 0 Å². The van der Waals surface area contributed by atoms with Gasteiger partial charge in [-0.15, -0.1) is 6.42 Å². The van der Waals surface area contributed by atoms with Gasteiger partial charge in [0, 0.05) is 23.7 Å². The van der Waals surface area contributed by atoms with Gasteiger partial charge in [-0.05, 0) is 43.9 Å². The lowest BCUT2D eigenvalue weighted by Crippen LogP contribution is -2.50. The molecule has 2 nitrogen and oxygen atoms in total. The molecule has 4 aliphatic carbocycles. The number of hydrogen-bond acceptors (Lipinski definition) is 2. The molecule has 0 aliphatic heterocycles. The largest absolute Gasteiger partial charge is 0.377 e. The number of allylic oxidation sites excluding steroid dienone is 4. The van der Waals surface area contributed by atoms with Gasteiger partial charge in [-0.2, -0.15) is 0 Å². The van der Waals surface area contributed by atoms with Gasteiger partial charge in [-0.25, -0.2) is 0 Å². The molecule has 5 atom stereocenters. The van der Waals surface area contributed by atoms with Gasteiger partial charge in [-0.1, -0.05) is 43.1 Å². The number of carbonyl (C=O) groups excluding carboxylic acids is 1. The van der Waals surface area contributed by atoms with E-state index in [0.717, 1.165) is 25.7 Å². The molecule has 0 radical (unpaired) electrons. The highest BCUT2D eigenvalue weighted by atomic mass is 16.3. The van der Waals surface area contributed by atoms with E-state index in [2.05, 4.69) is 31.9 Å². The fourth-order valence-electron chi connectivity index (χ4n) is 6.04. The summed E-state index contributed by atoms with van der Waals surface area (Å²) in [4.78, 5) is 11.9. The van der Waals surface area contributed by atoms with Crippen LogP contribution in [0.2, 0.25) is 0 Å². The predicted octanol–water partition coefficient (Wildman–Crippen LogP) is 3.80. The predicted molar refractivity (Wildman–Crippen MR) is 90.5 cm³/mol. The molecule has 0 spiro atoms. The van der Waals surface area contributed by atoms with Gasteiger partial charge in [0.05, 0.1) is 0 Å². The van der Waals surface area contributed by atoms with Crippen molar-refractivity contribution in [2.24, 2.45) is 22.7 Å². The van der Waals surface area contributed by atoms with E-state index in [4.69, 9.17) is 6.42 Å². The lowest BCUT2D eigenvalue weighted by Gasteiger charge is -2.53. The minimum atomic E-state index is -0.965. The van der Waals surface area contributed by atoms with Gasteiger partial charge in [0.1, 0.15) is 11.4 Å².